The van der Waals surface area contributed by atoms with E-state index < -0.39 is 10.1 Å². The SMILES string of the molecule is CS(=O)(=O)OCC1CNCC(OCc2ccc3ccccc3c2)C1c1ccc(OCCCOCc2ccccc2)cc1. The molecule has 0 saturated carbocycles. The molecule has 5 rings (SSSR count). The summed E-state index contributed by atoms with van der Waals surface area (Å²) in [6, 6.07) is 32.8. The molecule has 1 N–H and O–H groups in total. The van der Waals surface area contributed by atoms with Crippen LogP contribution in [0.1, 0.15) is 29.0 Å². The Kier molecular flexibility index (Phi) is 10.6. The maximum atomic E-state index is 11.8. The lowest BCUT2D eigenvalue weighted by Gasteiger charge is -2.38. The average molecular weight is 590 g/mol. The lowest BCUT2D eigenvalue weighted by atomic mass is 9.79. The van der Waals surface area contributed by atoms with E-state index in [0.717, 1.165) is 35.1 Å². The number of hydrogen-bond donors (Lipinski definition) is 1. The highest BCUT2D eigenvalue weighted by atomic mass is 32.2. The Morgan fingerprint density at radius 2 is 1.55 bits per heavy atom. The van der Waals surface area contributed by atoms with E-state index in [-0.39, 0.29) is 24.5 Å². The van der Waals surface area contributed by atoms with Crippen molar-refractivity contribution in [3.63, 3.8) is 0 Å². The molecule has 0 aliphatic carbocycles. The van der Waals surface area contributed by atoms with Crippen molar-refractivity contribution in [2.24, 2.45) is 5.92 Å². The summed E-state index contributed by atoms with van der Waals surface area (Å²) in [6.45, 7) is 3.63. The van der Waals surface area contributed by atoms with Crippen molar-refractivity contribution in [3.05, 3.63) is 114 Å². The summed E-state index contributed by atoms with van der Waals surface area (Å²) >= 11 is 0. The number of benzene rings is 4. The zero-order chi connectivity index (χ0) is 29.2. The second-order valence-corrected chi connectivity index (χ2v) is 12.4. The molecule has 0 spiro atoms. The molecule has 7 nitrogen and oxygen atoms in total. The molecule has 1 aliphatic rings. The van der Waals surface area contributed by atoms with E-state index in [1.807, 2.05) is 42.5 Å². The fourth-order valence-corrected chi connectivity index (χ4v) is 5.85. The number of fused-ring (bicyclic) bond motifs is 1. The normalized spacial score (nSPS) is 19.1. The maximum Gasteiger partial charge on any atom is 0.264 e. The standard InChI is InChI=1S/C34H39NO6S/c1-42(36,37)41-25-31-21-35-22-33(40-24-27-12-13-28-10-5-6-11-30(28)20-27)34(31)29-14-16-32(17-15-29)39-19-7-18-38-23-26-8-3-2-4-9-26/h2-6,8-17,20,31,33-35H,7,18-19,21-25H2,1H3. The molecule has 1 saturated heterocycles. The molecule has 0 aromatic heterocycles. The quantitative estimate of drug-likeness (QED) is 0.149. The fraction of sp³-hybridized carbons (Fsp3) is 0.353. The Labute approximate surface area is 248 Å². The summed E-state index contributed by atoms with van der Waals surface area (Å²) in [7, 11) is -3.56. The highest BCUT2D eigenvalue weighted by molar-refractivity contribution is 7.85. The molecule has 0 amide bonds. The minimum Gasteiger partial charge on any atom is -0.494 e. The molecule has 3 unspecified atom stereocenters. The molecule has 8 heteroatoms. The van der Waals surface area contributed by atoms with Crippen LogP contribution < -0.4 is 10.1 Å². The van der Waals surface area contributed by atoms with E-state index in [9.17, 15) is 8.42 Å². The summed E-state index contributed by atoms with van der Waals surface area (Å²) in [5, 5.41) is 5.79. The molecule has 0 bridgehead atoms. The Morgan fingerprint density at radius 1 is 0.786 bits per heavy atom. The number of piperidine rings is 1. The van der Waals surface area contributed by atoms with Gasteiger partial charge in [0.15, 0.2) is 0 Å². The molecule has 4 aromatic rings. The van der Waals surface area contributed by atoms with Gasteiger partial charge < -0.3 is 19.5 Å². The summed E-state index contributed by atoms with van der Waals surface area (Å²) in [5.41, 5.74) is 3.32. The first-order chi connectivity index (χ1) is 20.4. The third kappa shape index (κ3) is 8.86. The predicted molar refractivity (Wildman–Crippen MR) is 165 cm³/mol. The van der Waals surface area contributed by atoms with Crippen molar-refractivity contribution in [1.29, 1.82) is 0 Å². The summed E-state index contributed by atoms with van der Waals surface area (Å²) in [4.78, 5) is 0. The van der Waals surface area contributed by atoms with E-state index in [1.165, 1.54) is 10.8 Å². The fourth-order valence-electron chi connectivity index (χ4n) is 5.42. The van der Waals surface area contributed by atoms with Crippen molar-refractivity contribution in [3.8, 4) is 5.75 Å². The van der Waals surface area contributed by atoms with Crippen LogP contribution in [0.4, 0.5) is 0 Å². The molecule has 42 heavy (non-hydrogen) atoms. The molecule has 1 heterocycles. The Bertz CT molecular complexity index is 1510. The van der Waals surface area contributed by atoms with Crippen molar-refractivity contribution in [2.45, 2.75) is 31.7 Å². The summed E-state index contributed by atoms with van der Waals surface area (Å²) in [6.07, 6.45) is 1.72. The third-order valence-corrected chi connectivity index (χ3v) is 8.08. The van der Waals surface area contributed by atoms with Crippen LogP contribution in [-0.2, 0) is 37.0 Å². The van der Waals surface area contributed by atoms with Crippen molar-refractivity contribution in [2.75, 3.05) is 39.2 Å². The third-order valence-electron chi connectivity index (χ3n) is 7.51. The van der Waals surface area contributed by atoms with Gasteiger partial charge in [-0.2, -0.15) is 8.42 Å². The van der Waals surface area contributed by atoms with Crippen LogP contribution in [-0.4, -0.2) is 53.7 Å². The molecular weight excluding hydrogens is 550 g/mol. The molecule has 3 atom stereocenters. The van der Waals surface area contributed by atoms with Crippen molar-refractivity contribution in [1.82, 2.24) is 5.32 Å². The Balaban J connectivity index is 1.20. The van der Waals surface area contributed by atoms with Crippen LogP contribution in [0, 0.1) is 5.92 Å². The second-order valence-electron chi connectivity index (χ2n) is 10.8. The van der Waals surface area contributed by atoms with E-state index in [1.54, 1.807) is 0 Å². The van der Waals surface area contributed by atoms with Gasteiger partial charge in [-0.05, 0) is 45.7 Å². The lowest BCUT2D eigenvalue weighted by molar-refractivity contribution is -0.0127. The molecule has 222 valence electrons. The lowest BCUT2D eigenvalue weighted by Crippen LogP contribution is -2.48. The number of ether oxygens (including phenoxy) is 3. The number of nitrogens with one attached hydrogen (secondary N) is 1. The van der Waals surface area contributed by atoms with Crippen LogP contribution in [0.2, 0.25) is 0 Å². The van der Waals surface area contributed by atoms with Crippen LogP contribution in [0.5, 0.6) is 5.75 Å². The van der Waals surface area contributed by atoms with Gasteiger partial charge in [-0.1, -0.05) is 78.9 Å². The first-order valence-corrected chi connectivity index (χ1v) is 16.2. The van der Waals surface area contributed by atoms with Gasteiger partial charge in [0, 0.05) is 31.3 Å². The van der Waals surface area contributed by atoms with Gasteiger partial charge >= 0.3 is 0 Å². The van der Waals surface area contributed by atoms with E-state index in [4.69, 9.17) is 18.4 Å². The summed E-state index contributed by atoms with van der Waals surface area (Å²) in [5.74, 6) is 0.658. The van der Waals surface area contributed by atoms with Gasteiger partial charge in [0.2, 0.25) is 0 Å². The van der Waals surface area contributed by atoms with E-state index in [0.29, 0.717) is 39.5 Å². The van der Waals surface area contributed by atoms with Crippen molar-refractivity contribution < 1.29 is 26.8 Å². The van der Waals surface area contributed by atoms with Crippen LogP contribution in [0.25, 0.3) is 10.8 Å². The molecule has 1 fully saturated rings. The van der Waals surface area contributed by atoms with Gasteiger partial charge in [-0.25, -0.2) is 0 Å². The highest BCUT2D eigenvalue weighted by Crippen LogP contribution is 2.34. The smallest absolute Gasteiger partial charge is 0.264 e. The van der Waals surface area contributed by atoms with E-state index >= 15 is 0 Å². The Morgan fingerprint density at radius 3 is 2.33 bits per heavy atom. The van der Waals surface area contributed by atoms with E-state index in [2.05, 4.69) is 59.9 Å². The topological polar surface area (TPSA) is 83.1 Å². The predicted octanol–water partition coefficient (Wildman–Crippen LogP) is 5.69. The van der Waals surface area contributed by atoms with Gasteiger partial charge in [0.05, 0.1) is 45.4 Å². The van der Waals surface area contributed by atoms with Gasteiger partial charge in [-0.3, -0.25) is 4.18 Å². The number of hydrogen-bond acceptors (Lipinski definition) is 7. The zero-order valence-electron chi connectivity index (χ0n) is 24.0. The second kappa shape index (κ2) is 14.8. The van der Waals surface area contributed by atoms with Gasteiger partial charge in [0.25, 0.3) is 10.1 Å². The summed E-state index contributed by atoms with van der Waals surface area (Å²) < 4.78 is 47.1. The first kappa shape index (κ1) is 30.2. The molecule has 4 aromatic carbocycles. The zero-order valence-corrected chi connectivity index (χ0v) is 24.8. The highest BCUT2D eigenvalue weighted by Gasteiger charge is 2.36. The van der Waals surface area contributed by atoms with Gasteiger partial charge in [-0.15, -0.1) is 0 Å². The molecule has 1 aliphatic heterocycles. The molecule has 0 radical (unpaired) electrons. The van der Waals surface area contributed by atoms with Crippen LogP contribution >= 0.6 is 0 Å². The average Bonchev–Trinajstić information content (AvgIpc) is 3.01. The van der Waals surface area contributed by atoms with Crippen LogP contribution in [0.15, 0.2) is 97.1 Å². The van der Waals surface area contributed by atoms with Crippen molar-refractivity contribution >= 4 is 20.9 Å². The minimum absolute atomic E-state index is 0.0473. The van der Waals surface area contributed by atoms with Gasteiger partial charge in [0.1, 0.15) is 5.75 Å². The largest absolute Gasteiger partial charge is 0.494 e. The molecular formula is C34H39NO6S. The van der Waals surface area contributed by atoms with Crippen LogP contribution in [0.3, 0.4) is 0 Å². The number of rotatable bonds is 14. The Hall–Kier alpha value is -3.27. The maximum absolute atomic E-state index is 11.8. The first-order valence-electron chi connectivity index (χ1n) is 14.4. The minimum atomic E-state index is -3.56. The monoisotopic (exact) mass is 589 g/mol.